The molecule has 0 spiro atoms. The van der Waals surface area contributed by atoms with E-state index >= 15 is 0 Å². The number of hydrogen-bond acceptors (Lipinski definition) is 0. The van der Waals surface area contributed by atoms with Crippen LogP contribution in [0.4, 0.5) is 0 Å². The summed E-state index contributed by atoms with van der Waals surface area (Å²) in [5.74, 6) is 0. The predicted molar refractivity (Wildman–Crippen MR) is 40.3 cm³/mol. The minimum atomic E-state index is 0. The van der Waals surface area contributed by atoms with Gasteiger partial charge in [0.1, 0.15) is 0 Å². The van der Waals surface area contributed by atoms with Crippen molar-refractivity contribution in [2.75, 3.05) is 0 Å². The minimum Gasteiger partial charge on any atom is -0.174 e. The van der Waals surface area contributed by atoms with Crippen LogP contribution in [0.3, 0.4) is 0 Å². The van der Waals surface area contributed by atoms with E-state index in [9.17, 15) is 0 Å². The van der Waals surface area contributed by atoms with E-state index in [-0.39, 0.29) is 19.5 Å². The van der Waals surface area contributed by atoms with Crippen LogP contribution in [0.1, 0.15) is 0 Å². The zero-order valence-corrected chi connectivity index (χ0v) is 8.65. The quantitative estimate of drug-likeness (QED) is 0.388. The molecule has 0 nitrogen and oxygen atoms in total. The predicted octanol–water partition coefficient (Wildman–Crippen LogP) is 3.44. The molecule has 0 aliphatic rings. The minimum absolute atomic E-state index is 0. The summed E-state index contributed by atoms with van der Waals surface area (Å²) >= 11 is 16.7. The fourth-order valence-electron chi connectivity index (χ4n) is 0.429. The van der Waals surface area contributed by atoms with Crippen LogP contribution in [-0.4, -0.2) is 0 Å². The number of rotatable bonds is 0. The van der Waals surface area contributed by atoms with Gasteiger partial charge in [0.2, 0.25) is 0 Å². The molecule has 1 radical (unpaired) electrons. The third-order valence-electron chi connectivity index (χ3n) is 0.842. The number of halogens is 3. The molecule has 0 saturated carbocycles. The molecule has 4 heteroatoms. The third-order valence-corrected chi connectivity index (χ3v) is 2.04. The van der Waals surface area contributed by atoms with Crippen molar-refractivity contribution < 1.29 is 19.5 Å². The Morgan fingerprint density at radius 2 is 1.80 bits per heavy atom. The molecule has 0 N–H and O–H groups in total. The molecule has 0 bridgehead atoms. The molecule has 0 atom stereocenters. The molecule has 1 aromatic carbocycles. The maximum absolute atomic E-state index is 5.58. The fourth-order valence-corrected chi connectivity index (χ4v) is 0.918. The average Bonchev–Trinajstić information content (AvgIpc) is 1.83. The molecule has 0 aliphatic heterocycles. The zero-order valence-electron chi connectivity index (χ0n) is 4.64. The second kappa shape index (κ2) is 4.56. The average molecular weight is 282 g/mol. The maximum atomic E-state index is 5.58. The van der Waals surface area contributed by atoms with Crippen molar-refractivity contribution in [1.29, 1.82) is 0 Å². The van der Waals surface area contributed by atoms with Gasteiger partial charge in [-0.15, -0.1) is 23.2 Å². The van der Waals surface area contributed by atoms with Gasteiger partial charge in [-0.1, -0.05) is 5.02 Å². The van der Waals surface area contributed by atoms with Gasteiger partial charge in [-0.2, -0.15) is 29.8 Å². The smallest absolute Gasteiger partial charge is 0.174 e. The van der Waals surface area contributed by atoms with Gasteiger partial charge in [-0.25, -0.2) is 0 Å². The molecule has 0 saturated heterocycles. The van der Waals surface area contributed by atoms with Crippen molar-refractivity contribution in [2.24, 2.45) is 0 Å². The first kappa shape index (κ1) is 10.7. The molecule has 0 unspecified atom stereocenters. The van der Waals surface area contributed by atoms with Gasteiger partial charge in [-0.05, 0) is 10.0 Å². The zero-order chi connectivity index (χ0) is 6.85. The molecule has 1 aromatic rings. The molecular formula is C6H2Cl3Ru+2. The topological polar surface area (TPSA) is 0 Å². The second-order valence-corrected chi connectivity index (χ2v) is 2.62. The Balaban J connectivity index is 0.000000810. The van der Waals surface area contributed by atoms with Crippen molar-refractivity contribution in [3.63, 3.8) is 0 Å². The Hall–Kier alpha value is 0.713. The van der Waals surface area contributed by atoms with Gasteiger partial charge in [0.25, 0.3) is 0 Å². The molecule has 0 fully saturated rings. The molecule has 0 aromatic heterocycles. The summed E-state index contributed by atoms with van der Waals surface area (Å²) in [4.78, 5) is 0. The van der Waals surface area contributed by atoms with E-state index in [2.05, 4.69) is 6.07 Å². The van der Waals surface area contributed by atoms with Crippen molar-refractivity contribution in [2.45, 2.75) is 0 Å². The van der Waals surface area contributed by atoms with E-state index in [0.29, 0.717) is 15.1 Å². The molecule has 53 valence electrons. The van der Waals surface area contributed by atoms with Gasteiger partial charge in [0.05, 0.1) is 0 Å². The van der Waals surface area contributed by atoms with Crippen molar-refractivity contribution in [1.82, 2.24) is 0 Å². The first-order valence-corrected chi connectivity index (χ1v) is 3.36. The van der Waals surface area contributed by atoms with E-state index in [0.717, 1.165) is 0 Å². The van der Waals surface area contributed by atoms with Gasteiger partial charge < -0.3 is 0 Å². The van der Waals surface area contributed by atoms with E-state index in [1.807, 2.05) is 0 Å². The largest absolute Gasteiger partial charge is 3.00 e. The van der Waals surface area contributed by atoms with E-state index in [1.54, 1.807) is 12.1 Å². The summed E-state index contributed by atoms with van der Waals surface area (Å²) in [6, 6.07) is 5.95. The van der Waals surface area contributed by atoms with E-state index < -0.39 is 0 Å². The van der Waals surface area contributed by atoms with Crippen molar-refractivity contribution >= 4 is 34.8 Å². The summed E-state index contributed by atoms with van der Waals surface area (Å²) in [7, 11) is 0. The Morgan fingerprint density at radius 3 is 2.20 bits per heavy atom. The summed E-state index contributed by atoms with van der Waals surface area (Å²) in [6.07, 6.45) is 0. The van der Waals surface area contributed by atoms with Crippen LogP contribution in [0.5, 0.6) is 0 Å². The van der Waals surface area contributed by atoms with Gasteiger partial charge in [-0.3, -0.25) is 0 Å². The Labute approximate surface area is 87.2 Å². The monoisotopic (exact) mass is 281 g/mol. The SMILES string of the molecule is Clc1[c-]ccc(Cl)c1Cl.[Ru+3]. The Kier molecular flexibility index (Phi) is 4.89. The summed E-state index contributed by atoms with van der Waals surface area (Å²) in [5, 5.41) is 1.19. The number of hydrogen-bond donors (Lipinski definition) is 0. The molecule has 0 heterocycles. The van der Waals surface area contributed by atoms with Crippen molar-refractivity contribution in [3.8, 4) is 0 Å². The van der Waals surface area contributed by atoms with Gasteiger partial charge in [0, 0.05) is 0 Å². The van der Waals surface area contributed by atoms with E-state index in [1.165, 1.54) is 0 Å². The maximum Gasteiger partial charge on any atom is 3.00 e. The van der Waals surface area contributed by atoms with Crippen LogP contribution < -0.4 is 0 Å². The third kappa shape index (κ3) is 2.39. The Bertz CT molecular complexity index is 204. The van der Waals surface area contributed by atoms with Gasteiger partial charge >= 0.3 is 19.5 Å². The van der Waals surface area contributed by atoms with Crippen LogP contribution in [0.25, 0.3) is 0 Å². The van der Waals surface area contributed by atoms with Crippen LogP contribution in [0, 0.1) is 6.07 Å². The summed E-state index contributed by atoms with van der Waals surface area (Å²) < 4.78 is 0. The summed E-state index contributed by atoms with van der Waals surface area (Å²) in [5.41, 5.74) is 0. The summed E-state index contributed by atoms with van der Waals surface area (Å²) in [6.45, 7) is 0. The standard InChI is InChI=1S/C6H2Cl3.Ru/c7-4-2-1-3-5(8)6(4)9;/h1-2H;/q-1;+3. The van der Waals surface area contributed by atoms with Crippen LogP contribution in [0.15, 0.2) is 12.1 Å². The van der Waals surface area contributed by atoms with Crippen LogP contribution in [-0.2, 0) is 19.5 Å². The Morgan fingerprint density at radius 1 is 1.20 bits per heavy atom. The fraction of sp³-hybridized carbons (Fsp3) is 0. The first-order valence-electron chi connectivity index (χ1n) is 2.23. The van der Waals surface area contributed by atoms with Crippen LogP contribution in [0.2, 0.25) is 15.1 Å². The molecule has 1 rings (SSSR count). The molecule has 0 aliphatic carbocycles. The van der Waals surface area contributed by atoms with Crippen molar-refractivity contribution in [3.05, 3.63) is 33.3 Å². The van der Waals surface area contributed by atoms with Gasteiger partial charge in [0.15, 0.2) is 0 Å². The molecule has 10 heavy (non-hydrogen) atoms. The molecular weight excluding hydrogens is 279 g/mol. The number of benzene rings is 1. The normalized spacial score (nSPS) is 8.70. The first-order chi connectivity index (χ1) is 4.22. The second-order valence-electron chi connectivity index (χ2n) is 1.45. The van der Waals surface area contributed by atoms with E-state index in [4.69, 9.17) is 34.8 Å². The van der Waals surface area contributed by atoms with Crippen LogP contribution >= 0.6 is 34.8 Å². The molecule has 0 amide bonds.